The Labute approximate surface area is 99.2 Å². The number of ether oxygens (including phenoxy) is 1. The van der Waals surface area contributed by atoms with E-state index in [1.807, 2.05) is 6.92 Å². The number of hydrogen-bond donors (Lipinski definition) is 0. The van der Waals surface area contributed by atoms with E-state index in [2.05, 4.69) is 6.92 Å². The van der Waals surface area contributed by atoms with E-state index in [-0.39, 0.29) is 24.3 Å². The fourth-order valence-corrected chi connectivity index (χ4v) is 2.48. The average Bonchev–Trinajstić information content (AvgIpc) is 2.21. The third-order valence-electron chi connectivity index (χ3n) is 3.25. The van der Waals surface area contributed by atoms with Crippen LogP contribution in [0.25, 0.3) is 0 Å². The van der Waals surface area contributed by atoms with Crippen molar-refractivity contribution in [2.75, 3.05) is 6.61 Å². The van der Waals surface area contributed by atoms with Crippen molar-refractivity contribution in [3.63, 3.8) is 0 Å². The summed E-state index contributed by atoms with van der Waals surface area (Å²) in [6, 6.07) is 0. The summed E-state index contributed by atoms with van der Waals surface area (Å²) in [4.78, 5) is 11.7. The molecular formula is C12H23ClO2. The molecular weight excluding hydrogens is 212 g/mol. The summed E-state index contributed by atoms with van der Waals surface area (Å²) in [5.74, 6) is 0.782. The van der Waals surface area contributed by atoms with Gasteiger partial charge >= 0.3 is 5.97 Å². The lowest BCUT2D eigenvalue weighted by molar-refractivity contribution is -0.150. The Balaban J connectivity index is 0.00000196. The molecule has 1 aliphatic rings. The first-order chi connectivity index (χ1) is 6.79. The summed E-state index contributed by atoms with van der Waals surface area (Å²) in [5.41, 5.74) is 0. The predicted molar refractivity (Wildman–Crippen MR) is 64.2 cm³/mol. The lowest BCUT2D eigenvalue weighted by Crippen LogP contribution is -2.27. The Hall–Kier alpha value is -0.240. The highest BCUT2D eigenvalue weighted by Gasteiger charge is 2.28. The van der Waals surface area contributed by atoms with Crippen molar-refractivity contribution in [1.29, 1.82) is 0 Å². The first-order valence-electron chi connectivity index (χ1n) is 5.96. The van der Waals surface area contributed by atoms with E-state index in [0.29, 0.717) is 12.5 Å². The van der Waals surface area contributed by atoms with Crippen molar-refractivity contribution in [3.8, 4) is 0 Å². The van der Waals surface area contributed by atoms with E-state index in [1.165, 1.54) is 32.1 Å². The maximum Gasteiger partial charge on any atom is 0.309 e. The van der Waals surface area contributed by atoms with Crippen LogP contribution in [0.1, 0.15) is 52.4 Å². The van der Waals surface area contributed by atoms with Gasteiger partial charge in [0.1, 0.15) is 0 Å². The highest BCUT2D eigenvalue weighted by atomic mass is 35.5. The van der Waals surface area contributed by atoms with Crippen molar-refractivity contribution in [1.82, 2.24) is 0 Å². The molecule has 0 aromatic rings. The normalized spacial score (nSPS) is 19.1. The molecule has 15 heavy (non-hydrogen) atoms. The Kier molecular flexibility index (Phi) is 7.85. The molecule has 0 bridgehead atoms. The monoisotopic (exact) mass is 234 g/mol. The first-order valence-corrected chi connectivity index (χ1v) is 5.96. The molecule has 0 aliphatic heterocycles. The fourth-order valence-electron chi connectivity index (χ4n) is 2.48. The third-order valence-corrected chi connectivity index (χ3v) is 3.25. The number of esters is 1. The van der Waals surface area contributed by atoms with Crippen molar-refractivity contribution in [3.05, 3.63) is 0 Å². The second-order valence-electron chi connectivity index (χ2n) is 4.16. The summed E-state index contributed by atoms with van der Waals surface area (Å²) in [7, 11) is 0. The molecule has 0 amide bonds. The Bertz CT molecular complexity index is 176. The minimum atomic E-state index is 0. The molecule has 1 aliphatic carbocycles. The third kappa shape index (κ3) is 4.42. The summed E-state index contributed by atoms with van der Waals surface area (Å²) in [5, 5.41) is 0. The molecule has 90 valence electrons. The lowest BCUT2D eigenvalue weighted by Gasteiger charge is -2.27. The average molecular weight is 235 g/mol. The highest BCUT2D eigenvalue weighted by Crippen LogP contribution is 2.32. The van der Waals surface area contributed by atoms with Gasteiger partial charge in [-0.25, -0.2) is 0 Å². The molecule has 0 saturated heterocycles. The van der Waals surface area contributed by atoms with Crippen LogP contribution in [0.15, 0.2) is 0 Å². The van der Waals surface area contributed by atoms with Crippen LogP contribution in [0.5, 0.6) is 0 Å². The molecule has 0 aromatic carbocycles. The Morgan fingerprint density at radius 2 is 1.87 bits per heavy atom. The van der Waals surface area contributed by atoms with E-state index in [9.17, 15) is 4.79 Å². The van der Waals surface area contributed by atoms with E-state index in [0.717, 1.165) is 6.42 Å². The number of carbonyl (C=O) groups is 1. The van der Waals surface area contributed by atoms with E-state index in [4.69, 9.17) is 4.74 Å². The quantitative estimate of drug-likeness (QED) is 0.695. The van der Waals surface area contributed by atoms with Gasteiger partial charge in [-0.2, -0.15) is 0 Å². The van der Waals surface area contributed by atoms with Crippen LogP contribution in [-0.2, 0) is 9.53 Å². The lowest BCUT2D eigenvalue weighted by atomic mass is 9.79. The number of rotatable bonds is 4. The predicted octanol–water partition coefficient (Wildman–Crippen LogP) is 3.58. The number of hydrogen-bond acceptors (Lipinski definition) is 2. The summed E-state index contributed by atoms with van der Waals surface area (Å²) in [6.07, 6.45) is 7.30. The van der Waals surface area contributed by atoms with Crippen molar-refractivity contribution < 1.29 is 9.53 Å². The van der Waals surface area contributed by atoms with Gasteiger partial charge in [0.25, 0.3) is 0 Å². The molecule has 0 spiro atoms. The van der Waals surface area contributed by atoms with Gasteiger partial charge in [-0.3, -0.25) is 4.79 Å². The molecule has 0 N–H and O–H groups in total. The zero-order valence-electron chi connectivity index (χ0n) is 9.83. The highest BCUT2D eigenvalue weighted by molar-refractivity contribution is 5.85. The molecule has 0 heterocycles. The summed E-state index contributed by atoms with van der Waals surface area (Å²) >= 11 is 0. The molecule has 2 nitrogen and oxygen atoms in total. The smallest absolute Gasteiger partial charge is 0.309 e. The maximum atomic E-state index is 11.7. The van der Waals surface area contributed by atoms with Crippen LogP contribution in [0.4, 0.5) is 0 Å². The van der Waals surface area contributed by atoms with Gasteiger partial charge in [-0.15, -0.1) is 12.4 Å². The second kappa shape index (κ2) is 7.98. The van der Waals surface area contributed by atoms with Gasteiger partial charge in [0.15, 0.2) is 0 Å². The van der Waals surface area contributed by atoms with Crippen LogP contribution in [0, 0.1) is 11.8 Å². The van der Waals surface area contributed by atoms with Crippen LogP contribution in [0.3, 0.4) is 0 Å². The van der Waals surface area contributed by atoms with Crippen LogP contribution >= 0.6 is 12.4 Å². The molecule has 1 unspecified atom stereocenters. The largest absolute Gasteiger partial charge is 0.466 e. The fraction of sp³-hybridized carbons (Fsp3) is 0.917. The minimum Gasteiger partial charge on any atom is -0.466 e. The second-order valence-corrected chi connectivity index (χ2v) is 4.16. The molecule has 1 fully saturated rings. The van der Waals surface area contributed by atoms with Crippen molar-refractivity contribution in [2.45, 2.75) is 52.4 Å². The van der Waals surface area contributed by atoms with E-state index < -0.39 is 0 Å². The Morgan fingerprint density at radius 3 is 2.33 bits per heavy atom. The number of halogens is 1. The van der Waals surface area contributed by atoms with Crippen LogP contribution in [-0.4, -0.2) is 12.6 Å². The van der Waals surface area contributed by atoms with Crippen molar-refractivity contribution in [2.24, 2.45) is 11.8 Å². The standard InChI is InChI=1S/C12H22O2.ClH/c1-3-11(12(13)14-4-2)10-8-6-5-7-9-10;/h10-11H,3-9H2,1-2H3;1H. The zero-order chi connectivity index (χ0) is 10.4. The molecule has 1 rings (SSSR count). The minimum absolute atomic E-state index is 0. The molecule has 0 radical (unpaired) electrons. The van der Waals surface area contributed by atoms with Crippen LogP contribution < -0.4 is 0 Å². The van der Waals surface area contributed by atoms with E-state index in [1.54, 1.807) is 0 Å². The van der Waals surface area contributed by atoms with Gasteiger partial charge in [0.2, 0.25) is 0 Å². The van der Waals surface area contributed by atoms with Crippen molar-refractivity contribution >= 4 is 18.4 Å². The maximum absolute atomic E-state index is 11.7. The van der Waals surface area contributed by atoms with Gasteiger partial charge in [0, 0.05) is 0 Å². The molecule has 0 aromatic heterocycles. The van der Waals surface area contributed by atoms with E-state index >= 15 is 0 Å². The first kappa shape index (κ1) is 14.8. The molecule has 1 saturated carbocycles. The van der Waals surface area contributed by atoms with Gasteiger partial charge in [0.05, 0.1) is 12.5 Å². The SMILES string of the molecule is CCOC(=O)C(CC)C1CCCCC1.Cl. The van der Waals surface area contributed by atoms with Crippen LogP contribution in [0.2, 0.25) is 0 Å². The zero-order valence-corrected chi connectivity index (χ0v) is 10.6. The van der Waals surface area contributed by atoms with Gasteiger partial charge in [-0.05, 0) is 32.1 Å². The van der Waals surface area contributed by atoms with Gasteiger partial charge < -0.3 is 4.74 Å². The summed E-state index contributed by atoms with van der Waals surface area (Å²) in [6.45, 7) is 4.49. The number of carbonyl (C=O) groups excluding carboxylic acids is 1. The summed E-state index contributed by atoms with van der Waals surface area (Å²) < 4.78 is 5.11. The molecule has 1 atom stereocenters. The Morgan fingerprint density at radius 1 is 1.27 bits per heavy atom. The molecule has 3 heteroatoms. The topological polar surface area (TPSA) is 26.3 Å². The van der Waals surface area contributed by atoms with Gasteiger partial charge in [-0.1, -0.05) is 26.2 Å².